The summed E-state index contributed by atoms with van der Waals surface area (Å²) in [7, 11) is 4.55. The van der Waals surface area contributed by atoms with E-state index >= 15 is 0 Å². The first-order valence-electron chi connectivity index (χ1n) is 7.65. The van der Waals surface area contributed by atoms with Crippen molar-refractivity contribution in [3.63, 3.8) is 0 Å². The molecule has 1 rings (SSSR count). The van der Waals surface area contributed by atoms with Crippen molar-refractivity contribution in [2.75, 3.05) is 40.3 Å². The molecule has 0 aromatic rings. The zero-order valence-electron chi connectivity index (χ0n) is 13.1. The maximum atomic E-state index is 3.59. The lowest BCUT2D eigenvalue weighted by molar-refractivity contribution is 0.189. The molecule has 0 spiro atoms. The van der Waals surface area contributed by atoms with E-state index in [1.54, 1.807) is 0 Å². The predicted octanol–water partition coefficient (Wildman–Crippen LogP) is 2.04. The number of hydrogen-bond acceptors (Lipinski definition) is 3. The molecule has 0 radical (unpaired) electrons. The van der Waals surface area contributed by atoms with E-state index in [1.807, 2.05) is 0 Å². The van der Waals surface area contributed by atoms with Gasteiger partial charge >= 0.3 is 0 Å². The van der Waals surface area contributed by atoms with Gasteiger partial charge in [-0.25, -0.2) is 0 Å². The highest BCUT2D eigenvalue weighted by molar-refractivity contribution is 4.79. The van der Waals surface area contributed by atoms with E-state index in [4.69, 9.17) is 0 Å². The second-order valence-corrected chi connectivity index (χ2v) is 6.36. The standard InChI is InChI=1S/C15H33N3/c1-6-7-15(10-16-13(2)3)18(5)12-14-8-9-17(4)11-14/h13-16H,6-12H2,1-5H3. The van der Waals surface area contributed by atoms with Gasteiger partial charge in [-0.15, -0.1) is 0 Å². The Balaban J connectivity index is 2.35. The van der Waals surface area contributed by atoms with Crippen LogP contribution in [-0.2, 0) is 0 Å². The average Bonchev–Trinajstić information content (AvgIpc) is 2.69. The lowest BCUT2D eigenvalue weighted by atomic mass is 10.1. The van der Waals surface area contributed by atoms with Crippen molar-refractivity contribution in [3.8, 4) is 0 Å². The summed E-state index contributed by atoms with van der Waals surface area (Å²) in [6.45, 7) is 11.7. The van der Waals surface area contributed by atoms with E-state index in [9.17, 15) is 0 Å². The van der Waals surface area contributed by atoms with Crippen LogP contribution in [0, 0.1) is 5.92 Å². The summed E-state index contributed by atoms with van der Waals surface area (Å²) in [5, 5.41) is 3.59. The van der Waals surface area contributed by atoms with Gasteiger partial charge in [0.05, 0.1) is 0 Å². The summed E-state index contributed by atoms with van der Waals surface area (Å²) >= 11 is 0. The monoisotopic (exact) mass is 255 g/mol. The first kappa shape index (κ1) is 15.9. The van der Waals surface area contributed by atoms with Gasteiger partial charge in [-0.05, 0) is 39.4 Å². The Labute approximate surface area is 114 Å². The van der Waals surface area contributed by atoms with E-state index in [0.29, 0.717) is 12.1 Å². The highest BCUT2D eigenvalue weighted by Gasteiger charge is 2.23. The van der Waals surface area contributed by atoms with Gasteiger partial charge in [0.2, 0.25) is 0 Å². The third kappa shape index (κ3) is 5.68. The number of rotatable bonds is 8. The lowest BCUT2D eigenvalue weighted by Gasteiger charge is -2.31. The molecule has 108 valence electrons. The van der Waals surface area contributed by atoms with Gasteiger partial charge < -0.3 is 15.1 Å². The highest BCUT2D eigenvalue weighted by Crippen LogP contribution is 2.17. The zero-order valence-corrected chi connectivity index (χ0v) is 13.1. The van der Waals surface area contributed by atoms with Crippen molar-refractivity contribution in [2.45, 2.75) is 52.1 Å². The summed E-state index contributed by atoms with van der Waals surface area (Å²) < 4.78 is 0. The molecule has 2 atom stereocenters. The first-order valence-corrected chi connectivity index (χ1v) is 7.65. The molecule has 1 N–H and O–H groups in total. The SMILES string of the molecule is CCCC(CNC(C)C)N(C)CC1CCN(C)C1. The summed E-state index contributed by atoms with van der Waals surface area (Å²) in [4.78, 5) is 5.04. The van der Waals surface area contributed by atoms with E-state index in [1.165, 1.54) is 38.9 Å². The summed E-state index contributed by atoms with van der Waals surface area (Å²) in [6.07, 6.45) is 3.95. The molecule has 0 bridgehead atoms. The normalized spacial score (nSPS) is 23.2. The van der Waals surface area contributed by atoms with Crippen LogP contribution < -0.4 is 5.32 Å². The van der Waals surface area contributed by atoms with Gasteiger partial charge in [-0.3, -0.25) is 0 Å². The molecule has 0 saturated carbocycles. The zero-order chi connectivity index (χ0) is 13.5. The Morgan fingerprint density at radius 1 is 1.39 bits per heavy atom. The van der Waals surface area contributed by atoms with Crippen molar-refractivity contribution in [1.82, 2.24) is 15.1 Å². The maximum Gasteiger partial charge on any atom is 0.0217 e. The van der Waals surface area contributed by atoms with E-state index in [-0.39, 0.29) is 0 Å². The molecule has 1 aliphatic rings. The molecule has 18 heavy (non-hydrogen) atoms. The van der Waals surface area contributed by atoms with Crippen LogP contribution in [0.2, 0.25) is 0 Å². The highest BCUT2D eigenvalue weighted by atomic mass is 15.2. The topological polar surface area (TPSA) is 18.5 Å². The van der Waals surface area contributed by atoms with Crippen LogP contribution in [0.3, 0.4) is 0 Å². The van der Waals surface area contributed by atoms with E-state index in [2.05, 4.69) is 50.0 Å². The second kappa shape index (κ2) is 8.13. The molecule has 1 saturated heterocycles. The molecule has 3 nitrogen and oxygen atoms in total. The van der Waals surface area contributed by atoms with Gasteiger partial charge in [0.25, 0.3) is 0 Å². The second-order valence-electron chi connectivity index (χ2n) is 6.36. The van der Waals surface area contributed by atoms with Crippen LogP contribution in [0.15, 0.2) is 0 Å². The lowest BCUT2D eigenvalue weighted by Crippen LogP contribution is -2.44. The third-order valence-corrected chi connectivity index (χ3v) is 4.04. The molecule has 0 aromatic carbocycles. The van der Waals surface area contributed by atoms with Crippen LogP contribution in [0.1, 0.15) is 40.0 Å². The third-order valence-electron chi connectivity index (χ3n) is 4.04. The van der Waals surface area contributed by atoms with Crippen LogP contribution >= 0.6 is 0 Å². The minimum absolute atomic E-state index is 0.593. The predicted molar refractivity (Wildman–Crippen MR) is 80.1 cm³/mol. The van der Waals surface area contributed by atoms with Crippen LogP contribution in [0.4, 0.5) is 0 Å². The van der Waals surface area contributed by atoms with E-state index < -0.39 is 0 Å². The van der Waals surface area contributed by atoms with Gasteiger partial charge in [0, 0.05) is 31.7 Å². The molecule has 0 aromatic heterocycles. The van der Waals surface area contributed by atoms with Crippen molar-refractivity contribution >= 4 is 0 Å². The fourth-order valence-electron chi connectivity index (χ4n) is 2.91. The maximum absolute atomic E-state index is 3.59. The number of nitrogens with one attached hydrogen (secondary N) is 1. The largest absolute Gasteiger partial charge is 0.313 e. The molecule has 3 heteroatoms. The minimum Gasteiger partial charge on any atom is -0.313 e. The van der Waals surface area contributed by atoms with E-state index in [0.717, 1.165) is 12.5 Å². The van der Waals surface area contributed by atoms with Gasteiger partial charge in [0.1, 0.15) is 0 Å². The molecular weight excluding hydrogens is 222 g/mol. The number of hydrogen-bond donors (Lipinski definition) is 1. The Morgan fingerprint density at radius 3 is 2.61 bits per heavy atom. The Kier molecular flexibility index (Phi) is 7.20. The molecular formula is C15H33N3. The summed E-state index contributed by atoms with van der Waals surface area (Å²) in [5.41, 5.74) is 0. The summed E-state index contributed by atoms with van der Waals surface area (Å²) in [6, 6.07) is 1.29. The van der Waals surface area contributed by atoms with Crippen LogP contribution in [0.5, 0.6) is 0 Å². The molecule has 1 fully saturated rings. The Morgan fingerprint density at radius 2 is 2.11 bits per heavy atom. The van der Waals surface area contributed by atoms with Crippen molar-refractivity contribution in [1.29, 1.82) is 0 Å². The first-order chi connectivity index (χ1) is 8.52. The molecule has 1 aliphatic heterocycles. The smallest absolute Gasteiger partial charge is 0.0217 e. The van der Waals surface area contributed by atoms with Gasteiger partial charge in [0.15, 0.2) is 0 Å². The molecule has 0 amide bonds. The van der Waals surface area contributed by atoms with Crippen LogP contribution in [0.25, 0.3) is 0 Å². The Bertz CT molecular complexity index is 218. The minimum atomic E-state index is 0.593. The fraction of sp³-hybridized carbons (Fsp3) is 1.00. The molecule has 2 unspecified atom stereocenters. The van der Waals surface area contributed by atoms with Gasteiger partial charge in [-0.2, -0.15) is 0 Å². The van der Waals surface area contributed by atoms with Crippen molar-refractivity contribution in [2.24, 2.45) is 5.92 Å². The quantitative estimate of drug-likeness (QED) is 0.716. The Hall–Kier alpha value is -0.120. The summed E-state index contributed by atoms with van der Waals surface area (Å²) in [5.74, 6) is 0.874. The molecule has 0 aliphatic carbocycles. The van der Waals surface area contributed by atoms with Crippen molar-refractivity contribution in [3.05, 3.63) is 0 Å². The van der Waals surface area contributed by atoms with Crippen molar-refractivity contribution < 1.29 is 0 Å². The van der Waals surface area contributed by atoms with Crippen LogP contribution in [-0.4, -0.2) is 62.2 Å². The average molecular weight is 255 g/mol. The molecule has 1 heterocycles. The fourth-order valence-corrected chi connectivity index (χ4v) is 2.91. The van der Waals surface area contributed by atoms with Gasteiger partial charge in [-0.1, -0.05) is 27.2 Å². The number of nitrogens with zero attached hydrogens (tertiary/aromatic N) is 2. The number of likely N-dealkylation sites (tertiary alicyclic amines) is 1. The number of likely N-dealkylation sites (N-methyl/N-ethyl adjacent to an activating group) is 1.